The Labute approximate surface area is 162 Å². The number of carbonyl (C=O) groups excluding carboxylic acids is 2. The summed E-state index contributed by atoms with van der Waals surface area (Å²) < 4.78 is 19.9. The molecule has 1 aliphatic heterocycles. The van der Waals surface area contributed by atoms with E-state index in [9.17, 15) is 14.0 Å². The van der Waals surface area contributed by atoms with E-state index in [4.69, 9.17) is 11.3 Å². The van der Waals surface area contributed by atoms with Crippen LogP contribution >= 0.6 is 0 Å². The van der Waals surface area contributed by atoms with Crippen LogP contribution in [-0.4, -0.2) is 24.6 Å². The van der Waals surface area contributed by atoms with Gasteiger partial charge < -0.3 is 4.74 Å². The van der Waals surface area contributed by atoms with Crippen LogP contribution in [0.25, 0.3) is 16.0 Å². The molecule has 2 atom stereocenters. The van der Waals surface area contributed by atoms with Gasteiger partial charge in [-0.3, -0.25) is 19.9 Å². The third-order valence-electron chi connectivity index (χ3n) is 4.60. The van der Waals surface area contributed by atoms with Gasteiger partial charge in [-0.25, -0.2) is 15.8 Å². The first kappa shape index (κ1) is 19.4. The first-order chi connectivity index (χ1) is 13.4. The minimum atomic E-state index is -0.772. The van der Waals surface area contributed by atoms with Gasteiger partial charge in [0.25, 0.3) is 0 Å². The number of hydrogen-bond donors (Lipinski definition) is 1. The Balaban J connectivity index is 1.82. The number of rotatable bonds is 5. The number of benzene rings is 2. The predicted molar refractivity (Wildman–Crippen MR) is 103 cm³/mol. The molecule has 2 amide bonds. The third kappa shape index (κ3) is 3.96. The van der Waals surface area contributed by atoms with Gasteiger partial charge in [0.15, 0.2) is 0 Å². The molecule has 3 rings (SSSR count). The summed E-state index contributed by atoms with van der Waals surface area (Å²) in [6.07, 6.45) is -0.709. The van der Waals surface area contributed by atoms with Gasteiger partial charge in [0, 0.05) is 12.5 Å². The lowest BCUT2D eigenvalue weighted by Crippen LogP contribution is -2.24. The second-order valence-corrected chi connectivity index (χ2v) is 6.54. The minimum Gasteiger partial charge on any atom is -0.444 e. The van der Waals surface area contributed by atoms with Gasteiger partial charge in [0.05, 0.1) is 17.8 Å². The number of carbonyl (C=O) groups is 2. The molecule has 1 aliphatic rings. The SMILES string of the molecule is [C-]#[N+]C(NC(C)=O)c1ccc(-c2ccc(N3C[C@H](CC)OC3=O)cc2F)cc1. The maximum Gasteiger partial charge on any atom is 0.414 e. The second-order valence-electron chi connectivity index (χ2n) is 6.54. The van der Waals surface area contributed by atoms with Crippen molar-refractivity contribution in [3.05, 3.63) is 65.3 Å². The smallest absolute Gasteiger partial charge is 0.414 e. The van der Waals surface area contributed by atoms with E-state index in [0.29, 0.717) is 35.3 Å². The van der Waals surface area contributed by atoms with Crippen LogP contribution in [0, 0.1) is 12.4 Å². The lowest BCUT2D eigenvalue weighted by atomic mass is 10.0. The van der Waals surface area contributed by atoms with E-state index in [-0.39, 0.29) is 12.0 Å². The highest BCUT2D eigenvalue weighted by atomic mass is 19.1. The molecule has 0 bridgehead atoms. The Kier molecular flexibility index (Phi) is 5.59. The Morgan fingerprint density at radius 1 is 1.36 bits per heavy atom. The summed E-state index contributed by atoms with van der Waals surface area (Å²) in [7, 11) is 0. The van der Waals surface area contributed by atoms with Gasteiger partial charge >= 0.3 is 12.3 Å². The molecule has 2 aromatic rings. The number of halogens is 1. The Morgan fingerprint density at radius 2 is 2.07 bits per heavy atom. The Bertz CT molecular complexity index is 937. The molecule has 1 unspecified atom stereocenters. The maximum atomic E-state index is 14.7. The van der Waals surface area contributed by atoms with Crippen molar-refractivity contribution in [1.29, 1.82) is 0 Å². The van der Waals surface area contributed by atoms with E-state index < -0.39 is 18.1 Å². The largest absolute Gasteiger partial charge is 0.444 e. The number of anilines is 1. The molecule has 0 radical (unpaired) electrons. The van der Waals surface area contributed by atoms with Crippen LogP contribution in [0.1, 0.15) is 32.0 Å². The zero-order valence-electron chi connectivity index (χ0n) is 15.6. The highest BCUT2D eigenvalue weighted by Crippen LogP contribution is 2.30. The highest BCUT2D eigenvalue weighted by Gasteiger charge is 2.31. The molecule has 7 heteroatoms. The van der Waals surface area contributed by atoms with Crippen molar-refractivity contribution in [2.45, 2.75) is 32.5 Å². The molecule has 2 aromatic carbocycles. The van der Waals surface area contributed by atoms with Crippen molar-refractivity contribution in [3.8, 4) is 11.1 Å². The van der Waals surface area contributed by atoms with Gasteiger partial charge in [0.2, 0.25) is 5.91 Å². The van der Waals surface area contributed by atoms with Gasteiger partial charge in [-0.1, -0.05) is 19.1 Å². The van der Waals surface area contributed by atoms with E-state index in [1.165, 1.54) is 17.9 Å². The molecule has 28 heavy (non-hydrogen) atoms. The highest BCUT2D eigenvalue weighted by molar-refractivity contribution is 5.90. The van der Waals surface area contributed by atoms with Gasteiger partial charge in [-0.2, -0.15) is 0 Å². The van der Waals surface area contributed by atoms with Crippen molar-refractivity contribution in [3.63, 3.8) is 0 Å². The Morgan fingerprint density at radius 3 is 2.61 bits per heavy atom. The van der Waals surface area contributed by atoms with Crippen molar-refractivity contribution >= 4 is 17.7 Å². The molecule has 1 heterocycles. The summed E-state index contributed by atoms with van der Waals surface area (Å²) in [5.74, 6) is -0.751. The normalized spacial score (nSPS) is 17.0. The summed E-state index contributed by atoms with van der Waals surface area (Å²) in [5.41, 5.74) is 2.09. The van der Waals surface area contributed by atoms with E-state index in [0.717, 1.165) is 0 Å². The maximum absolute atomic E-state index is 14.7. The van der Waals surface area contributed by atoms with E-state index >= 15 is 0 Å². The minimum absolute atomic E-state index is 0.179. The molecular formula is C21H20FN3O3. The lowest BCUT2D eigenvalue weighted by molar-refractivity contribution is -0.119. The van der Waals surface area contributed by atoms with E-state index in [2.05, 4.69) is 10.2 Å². The number of amides is 2. The van der Waals surface area contributed by atoms with Gasteiger partial charge in [-0.15, -0.1) is 0 Å². The molecule has 144 valence electrons. The van der Waals surface area contributed by atoms with Crippen molar-refractivity contribution in [1.82, 2.24) is 5.32 Å². The fraction of sp³-hybridized carbons (Fsp3) is 0.286. The number of hydrogen-bond acceptors (Lipinski definition) is 3. The molecule has 1 N–H and O–H groups in total. The molecule has 0 aromatic heterocycles. The molecule has 0 saturated carbocycles. The molecule has 1 fully saturated rings. The molecule has 0 spiro atoms. The zero-order valence-corrected chi connectivity index (χ0v) is 15.6. The zero-order chi connectivity index (χ0) is 20.3. The average molecular weight is 381 g/mol. The first-order valence-corrected chi connectivity index (χ1v) is 8.94. The van der Waals surface area contributed by atoms with Crippen LogP contribution in [0.3, 0.4) is 0 Å². The fourth-order valence-corrected chi connectivity index (χ4v) is 3.08. The van der Waals surface area contributed by atoms with Crippen LogP contribution in [0.2, 0.25) is 0 Å². The van der Waals surface area contributed by atoms with Gasteiger partial charge in [0.1, 0.15) is 11.9 Å². The van der Waals surface area contributed by atoms with Crippen LogP contribution in [0.5, 0.6) is 0 Å². The van der Waals surface area contributed by atoms with Crippen molar-refractivity contribution < 1.29 is 18.7 Å². The predicted octanol–water partition coefficient (Wildman–Crippen LogP) is 4.28. The first-order valence-electron chi connectivity index (χ1n) is 8.94. The molecular weight excluding hydrogens is 361 g/mol. The second kappa shape index (κ2) is 8.09. The van der Waals surface area contributed by atoms with E-state index in [1.807, 2.05) is 6.92 Å². The number of ether oxygens (including phenoxy) is 1. The quantitative estimate of drug-likeness (QED) is 0.787. The molecule has 0 aliphatic carbocycles. The Hall–Kier alpha value is -3.40. The fourth-order valence-electron chi connectivity index (χ4n) is 3.08. The standard InChI is InChI=1S/C21H20FN3O3/c1-4-17-12-25(21(27)28-17)16-9-10-18(19(22)11-16)14-5-7-15(8-6-14)20(23-3)24-13(2)26/h5-11,17,20H,4,12H2,1-2H3,(H,24,26)/t17-,20?/m0/s1. The summed E-state index contributed by atoms with van der Waals surface area (Å²) in [5, 5.41) is 2.55. The summed E-state index contributed by atoms with van der Waals surface area (Å²) in [6, 6.07) is 11.4. The molecule has 1 saturated heterocycles. The van der Waals surface area contributed by atoms with Crippen molar-refractivity contribution in [2.75, 3.05) is 11.4 Å². The van der Waals surface area contributed by atoms with Crippen LogP contribution in [0.4, 0.5) is 14.9 Å². The van der Waals surface area contributed by atoms with Crippen LogP contribution < -0.4 is 10.2 Å². The average Bonchev–Trinajstić information content (AvgIpc) is 3.07. The summed E-state index contributed by atoms with van der Waals surface area (Å²) in [4.78, 5) is 27.9. The summed E-state index contributed by atoms with van der Waals surface area (Å²) in [6.45, 7) is 10.9. The van der Waals surface area contributed by atoms with Crippen LogP contribution in [0.15, 0.2) is 42.5 Å². The number of nitrogens with zero attached hydrogens (tertiary/aromatic N) is 2. The number of cyclic esters (lactones) is 1. The number of nitrogens with one attached hydrogen (secondary N) is 1. The topological polar surface area (TPSA) is 63.0 Å². The monoisotopic (exact) mass is 381 g/mol. The molecule has 6 nitrogen and oxygen atoms in total. The van der Waals surface area contributed by atoms with Gasteiger partial charge in [-0.05, 0) is 42.3 Å². The lowest BCUT2D eigenvalue weighted by Gasteiger charge is -2.14. The third-order valence-corrected chi connectivity index (χ3v) is 4.60. The van der Waals surface area contributed by atoms with E-state index in [1.54, 1.807) is 36.4 Å². The summed E-state index contributed by atoms with van der Waals surface area (Å²) >= 11 is 0. The van der Waals surface area contributed by atoms with Crippen molar-refractivity contribution in [2.24, 2.45) is 0 Å². The van der Waals surface area contributed by atoms with Crippen LogP contribution in [-0.2, 0) is 9.53 Å².